The molecule has 0 unspecified atom stereocenters. The zero-order chi connectivity index (χ0) is 24.5. The molecule has 1 spiro atoms. The van der Waals surface area contributed by atoms with Gasteiger partial charge in [-0.1, -0.05) is 6.07 Å². The monoisotopic (exact) mass is 465 g/mol. The molecule has 2 aromatic rings. The summed E-state index contributed by atoms with van der Waals surface area (Å²) >= 11 is 0. The number of ketones is 1. The van der Waals surface area contributed by atoms with Crippen LogP contribution in [0.1, 0.15) is 46.3 Å². The Morgan fingerprint density at radius 3 is 2.26 bits per heavy atom. The van der Waals surface area contributed by atoms with Crippen LogP contribution in [0.2, 0.25) is 0 Å². The number of Topliss-reactive ketones (excluding diaryl/α,β-unsaturated/α-hetero) is 1. The van der Waals surface area contributed by atoms with Gasteiger partial charge < -0.3 is 23.8 Å². The molecule has 0 N–H and O–H groups in total. The highest BCUT2D eigenvalue weighted by Gasteiger charge is 2.44. The van der Waals surface area contributed by atoms with Crippen LogP contribution in [0.25, 0.3) is 6.08 Å². The molecule has 1 amide bonds. The van der Waals surface area contributed by atoms with Gasteiger partial charge in [-0.25, -0.2) is 0 Å². The zero-order valence-electron chi connectivity index (χ0n) is 20.4. The number of hydrogen-bond donors (Lipinski definition) is 0. The SMILES string of the molecule is COc1cc(/C=C/C(=O)N2CCC3(CC2)CC(=O)c2ccc(C)c(C)c2O3)cc(OC)c1OC. The number of amides is 1. The van der Waals surface area contributed by atoms with E-state index >= 15 is 0 Å². The first kappa shape index (κ1) is 23.7. The topological polar surface area (TPSA) is 74.3 Å². The van der Waals surface area contributed by atoms with Crippen molar-refractivity contribution in [3.05, 3.63) is 52.6 Å². The predicted octanol–water partition coefficient (Wildman–Crippen LogP) is 4.37. The average molecular weight is 466 g/mol. The van der Waals surface area contributed by atoms with Crippen LogP contribution in [0.3, 0.4) is 0 Å². The van der Waals surface area contributed by atoms with Crippen molar-refractivity contribution in [2.75, 3.05) is 34.4 Å². The number of benzene rings is 2. The molecule has 0 aromatic heterocycles. The lowest BCUT2D eigenvalue weighted by molar-refractivity contribution is -0.129. The maximum absolute atomic E-state index is 12.9. The number of methoxy groups -OCH3 is 3. The van der Waals surface area contributed by atoms with Gasteiger partial charge in [-0.05, 0) is 54.8 Å². The number of likely N-dealkylation sites (tertiary alicyclic amines) is 1. The van der Waals surface area contributed by atoms with Gasteiger partial charge in [-0.15, -0.1) is 0 Å². The Labute approximate surface area is 200 Å². The molecule has 7 nitrogen and oxygen atoms in total. The molecule has 2 heterocycles. The van der Waals surface area contributed by atoms with E-state index in [-0.39, 0.29) is 11.7 Å². The van der Waals surface area contributed by atoms with E-state index in [9.17, 15) is 9.59 Å². The van der Waals surface area contributed by atoms with Gasteiger partial charge in [0.15, 0.2) is 17.3 Å². The maximum Gasteiger partial charge on any atom is 0.246 e. The van der Waals surface area contributed by atoms with Crippen molar-refractivity contribution in [3.63, 3.8) is 0 Å². The van der Waals surface area contributed by atoms with Crippen LogP contribution in [0.5, 0.6) is 23.0 Å². The molecule has 4 rings (SSSR count). The lowest BCUT2D eigenvalue weighted by atomic mass is 9.81. The van der Waals surface area contributed by atoms with Crippen molar-refractivity contribution in [1.82, 2.24) is 4.90 Å². The van der Waals surface area contributed by atoms with Crippen LogP contribution in [-0.2, 0) is 4.79 Å². The third-order valence-electron chi connectivity index (χ3n) is 6.87. The number of aryl methyl sites for hydroxylation is 1. The van der Waals surface area contributed by atoms with Gasteiger partial charge in [0.2, 0.25) is 11.7 Å². The van der Waals surface area contributed by atoms with Crippen molar-refractivity contribution in [2.45, 2.75) is 38.7 Å². The lowest BCUT2D eigenvalue weighted by Crippen LogP contribution is -2.52. The smallest absolute Gasteiger partial charge is 0.246 e. The molecule has 2 aromatic carbocycles. The summed E-state index contributed by atoms with van der Waals surface area (Å²) in [5.74, 6) is 2.30. The fourth-order valence-corrected chi connectivity index (χ4v) is 4.67. The number of ether oxygens (including phenoxy) is 4. The summed E-state index contributed by atoms with van der Waals surface area (Å²) in [7, 11) is 4.66. The number of carbonyl (C=O) groups excluding carboxylic acids is 2. The molecule has 2 aliphatic rings. The maximum atomic E-state index is 12.9. The second-order valence-corrected chi connectivity index (χ2v) is 8.89. The van der Waals surface area contributed by atoms with E-state index in [4.69, 9.17) is 18.9 Å². The fraction of sp³-hybridized carbons (Fsp3) is 0.407. The van der Waals surface area contributed by atoms with E-state index < -0.39 is 5.60 Å². The van der Waals surface area contributed by atoms with E-state index in [1.54, 1.807) is 50.5 Å². The summed E-state index contributed by atoms with van der Waals surface area (Å²) in [6.45, 7) is 5.08. The lowest BCUT2D eigenvalue weighted by Gasteiger charge is -2.44. The van der Waals surface area contributed by atoms with E-state index in [1.807, 2.05) is 26.0 Å². The molecule has 0 atom stereocenters. The molecule has 0 saturated carbocycles. The predicted molar refractivity (Wildman–Crippen MR) is 129 cm³/mol. The first-order chi connectivity index (χ1) is 16.3. The first-order valence-corrected chi connectivity index (χ1v) is 11.4. The minimum atomic E-state index is -0.542. The summed E-state index contributed by atoms with van der Waals surface area (Å²) in [4.78, 5) is 27.5. The van der Waals surface area contributed by atoms with Gasteiger partial charge in [-0.3, -0.25) is 9.59 Å². The largest absolute Gasteiger partial charge is 0.493 e. The van der Waals surface area contributed by atoms with Gasteiger partial charge in [-0.2, -0.15) is 0 Å². The Morgan fingerprint density at radius 1 is 1.03 bits per heavy atom. The minimum absolute atomic E-state index is 0.0850. The van der Waals surface area contributed by atoms with E-state index in [1.165, 1.54) is 0 Å². The van der Waals surface area contributed by atoms with Crippen LogP contribution in [0, 0.1) is 13.8 Å². The van der Waals surface area contributed by atoms with Crippen molar-refractivity contribution in [1.29, 1.82) is 0 Å². The highest BCUT2D eigenvalue weighted by Crippen LogP contribution is 2.42. The van der Waals surface area contributed by atoms with Crippen LogP contribution >= 0.6 is 0 Å². The van der Waals surface area contributed by atoms with Crippen LogP contribution in [0.4, 0.5) is 0 Å². The molecule has 1 saturated heterocycles. The Balaban J connectivity index is 1.45. The third kappa shape index (κ3) is 4.34. The molecule has 2 aliphatic heterocycles. The quantitative estimate of drug-likeness (QED) is 0.611. The number of fused-ring (bicyclic) bond motifs is 1. The summed E-state index contributed by atoms with van der Waals surface area (Å²) in [6, 6.07) is 7.41. The fourth-order valence-electron chi connectivity index (χ4n) is 4.67. The molecule has 7 heteroatoms. The summed E-state index contributed by atoms with van der Waals surface area (Å²) in [5.41, 5.74) is 3.00. The average Bonchev–Trinajstić information content (AvgIpc) is 2.84. The summed E-state index contributed by atoms with van der Waals surface area (Å²) < 4.78 is 22.6. The minimum Gasteiger partial charge on any atom is -0.493 e. The third-order valence-corrected chi connectivity index (χ3v) is 6.87. The number of hydrogen-bond acceptors (Lipinski definition) is 6. The van der Waals surface area contributed by atoms with Crippen molar-refractivity contribution >= 4 is 17.8 Å². The highest BCUT2D eigenvalue weighted by atomic mass is 16.5. The Morgan fingerprint density at radius 2 is 1.68 bits per heavy atom. The highest BCUT2D eigenvalue weighted by molar-refractivity contribution is 6.01. The number of carbonyl (C=O) groups is 2. The van der Waals surface area contributed by atoms with Crippen LogP contribution in [0.15, 0.2) is 30.3 Å². The van der Waals surface area contributed by atoms with Gasteiger partial charge in [0.05, 0.1) is 33.3 Å². The van der Waals surface area contributed by atoms with Crippen molar-refractivity contribution < 1.29 is 28.5 Å². The Bertz CT molecular complexity index is 1120. The molecule has 1 fully saturated rings. The van der Waals surface area contributed by atoms with E-state index in [2.05, 4.69) is 0 Å². The van der Waals surface area contributed by atoms with E-state index in [0.29, 0.717) is 60.9 Å². The molecule has 180 valence electrons. The first-order valence-electron chi connectivity index (χ1n) is 11.4. The number of nitrogens with zero attached hydrogens (tertiary/aromatic N) is 1. The summed E-state index contributed by atoms with van der Waals surface area (Å²) in [5, 5.41) is 0. The molecule has 0 aliphatic carbocycles. The van der Waals surface area contributed by atoms with Gasteiger partial charge in [0.25, 0.3) is 0 Å². The van der Waals surface area contributed by atoms with Gasteiger partial charge in [0.1, 0.15) is 11.4 Å². The van der Waals surface area contributed by atoms with Crippen LogP contribution in [-0.4, -0.2) is 56.6 Å². The Kier molecular flexibility index (Phi) is 6.55. The van der Waals surface area contributed by atoms with E-state index in [0.717, 1.165) is 16.7 Å². The van der Waals surface area contributed by atoms with Crippen LogP contribution < -0.4 is 18.9 Å². The second kappa shape index (κ2) is 9.41. The van der Waals surface area contributed by atoms with Gasteiger partial charge in [0, 0.05) is 32.0 Å². The second-order valence-electron chi connectivity index (χ2n) is 8.89. The standard InChI is InChI=1S/C27H31NO6/c1-17-6-8-20-21(29)16-27(34-25(20)18(17)2)10-12-28(13-11-27)24(30)9-7-19-14-22(31-3)26(33-5)23(15-19)32-4/h6-9,14-15H,10-13,16H2,1-5H3/b9-7+. The molecular formula is C27H31NO6. The van der Waals surface area contributed by atoms with Crippen molar-refractivity contribution in [3.8, 4) is 23.0 Å². The number of rotatable bonds is 5. The normalized spacial score (nSPS) is 16.9. The Hall–Kier alpha value is -3.48. The molecular weight excluding hydrogens is 434 g/mol. The molecule has 34 heavy (non-hydrogen) atoms. The zero-order valence-corrected chi connectivity index (χ0v) is 20.4. The summed E-state index contributed by atoms with van der Waals surface area (Å²) in [6.07, 6.45) is 4.88. The molecule has 0 radical (unpaired) electrons. The van der Waals surface area contributed by atoms with Crippen molar-refractivity contribution in [2.24, 2.45) is 0 Å². The number of piperidine rings is 1. The molecule has 0 bridgehead atoms. The van der Waals surface area contributed by atoms with Gasteiger partial charge >= 0.3 is 0 Å².